The zero-order valence-corrected chi connectivity index (χ0v) is 14.5. The summed E-state index contributed by atoms with van der Waals surface area (Å²) >= 11 is 12.2. The van der Waals surface area contributed by atoms with E-state index in [2.05, 4.69) is 5.32 Å². The van der Waals surface area contributed by atoms with E-state index in [1.807, 2.05) is 0 Å². The van der Waals surface area contributed by atoms with Gasteiger partial charge in [0, 0.05) is 31.2 Å². The largest absolute Gasteiger partial charge is 0.495 e. The molecule has 0 radical (unpaired) electrons. The molecule has 2 saturated heterocycles. The van der Waals surface area contributed by atoms with Gasteiger partial charge in [-0.3, -0.25) is 0 Å². The number of ether oxygens (including phenoxy) is 1. The van der Waals surface area contributed by atoms with Crippen molar-refractivity contribution in [3.8, 4) is 5.75 Å². The lowest BCUT2D eigenvalue weighted by Gasteiger charge is -2.24. The summed E-state index contributed by atoms with van der Waals surface area (Å²) in [5.41, 5.74) is 0. The molecule has 0 amide bonds. The Bertz CT molecular complexity index is 681. The van der Waals surface area contributed by atoms with Crippen LogP contribution in [0.1, 0.15) is 19.3 Å². The summed E-state index contributed by atoms with van der Waals surface area (Å²) in [6, 6.07) is 3.45. The second kappa shape index (κ2) is 6.17. The Balaban J connectivity index is 1.94. The first-order chi connectivity index (χ1) is 10.4. The van der Waals surface area contributed by atoms with Crippen LogP contribution < -0.4 is 10.1 Å². The summed E-state index contributed by atoms with van der Waals surface area (Å²) in [4.78, 5) is 0.0396. The van der Waals surface area contributed by atoms with E-state index in [1.165, 1.54) is 23.5 Å². The van der Waals surface area contributed by atoms with Crippen LogP contribution in [0.15, 0.2) is 17.0 Å². The number of rotatable bonds is 3. The van der Waals surface area contributed by atoms with Crippen LogP contribution in [-0.2, 0) is 10.0 Å². The zero-order valence-electron chi connectivity index (χ0n) is 12.2. The van der Waals surface area contributed by atoms with Crippen LogP contribution in [0.3, 0.4) is 0 Å². The van der Waals surface area contributed by atoms with Crippen molar-refractivity contribution >= 4 is 33.2 Å². The van der Waals surface area contributed by atoms with Gasteiger partial charge in [0.15, 0.2) is 0 Å². The first-order valence-electron chi connectivity index (χ1n) is 7.21. The van der Waals surface area contributed by atoms with Crippen LogP contribution >= 0.6 is 23.2 Å². The van der Waals surface area contributed by atoms with E-state index in [1.54, 1.807) is 0 Å². The monoisotopic (exact) mass is 364 g/mol. The molecule has 2 atom stereocenters. The van der Waals surface area contributed by atoms with Crippen LogP contribution in [0.5, 0.6) is 5.75 Å². The van der Waals surface area contributed by atoms with Crippen molar-refractivity contribution in [2.24, 2.45) is 0 Å². The van der Waals surface area contributed by atoms with E-state index in [0.717, 1.165) is 19.3 Å². The predicted octanol–water partition coefficient (Wildman–Crippen LogP) is 2.52. The van der Waals surface area contributed by atoms with E-state index in [9.17, 15) is 8.42 Å². The Morgan fingerprint density at radius 2 is 1.91 bits per heavy atom. The van der Waals surface area contributed by atoms with E-state index >= 15 is 0 Å². The lowest BCUT2D eigenvalue weighted by molar-refractivity contribution is 0.383. The molecule has 2 unspecified atom stereocenters. The third kappa shape index (κ3) is 2.95. The molecule has 8 heteroatoms. The van der Waals surface area contributed by atoms with Gasteiger partial charge in [0.05, 0.1) is 17.2 Å². The highest BCUT2D eigenvalue weighted by Gasteiger charge is 2.36. The van der Waals surface area contributed by atoms with Gasteiger partial charge in [-0.2, -0.15) is 4.31 Å². The van der Waals surface area contributed by atoms with Crippen LogP contribution in [0.2, 0.25) is 10.0 Å². The van der Waals surface area contributed by atoms with Crippen molar-refractivity contribution in [1.82, 2.24) is 9.62 Å². The summed E-state index contributed by atoms with van der Waals surface area (Å²) in [7, 11) is -2.20. The Hall–Kier alpha value is -0.530. The lowest BCUT2D eigenvalue weighted by Crippen LogP contribution is -2.39. The van der Waals surface area contributed by atoms with Gasteiger partial charge in [0.25, 0.3) is 0 Å². The number of nitrogens with one attached hydrogen (secondary N) is 1. The first kappa shape index (κ1) is 16.3. The highest BCUT2D eigenvalue weighted by molar-refractivity contribution is 7.89. The molecule has 0 aliphatic carbocycles. The Kier molecular flexibility index (Phi) is 4.58. The maximum absolute atomic E-state index is 12.9. The molecule has 0 spiro atoms. The Morgan fingerprint density at radius 3 is 2.64 bits per heavy atom. The topological polar surface area (TPSA) is 58.6 Å². The van der Waals surface area contributed by atoms with Gasteiger partial charge >= 0.3 is 0 Å². The lowest BCUT2D eigenvalue weighted by atomic mass is 10.1. The normalized spacial score (nSPS) is 26.0. The fraction of sp³-hybridized carbons (Fsp3) is 0.571. The summed E-state index contributed by atoms with van der Waals surface area (Å²) in [5.74, 6) is 0.363. The van der Waals surface area contributed by atoms with Crippen molar-refractivity contribution < 1.29 is 13.2 Å². The summed E-state index contributed by atoms with van der Waals surface area (Å²) in [6.45, 7) is 0.968. The highest BCUT2D eigenvalue weighted by atomic mass is 35.5. The van der Waals surface area contributed by atoms with E-state index in [4.69, 9.17) is 27.9 Å². The molecule has 122 valence electrons. The molecule has 22 heavy (non-hydrogen) atoms. The van der Waals surface area contributed by atoms with E-state index in [-0.39, 0.29) is 21.0 Å². The fourth-order valence-corrected chi connectivity index (χ4v) is 5.46. The van der Waals surface area contributed by atoms with Crippen LogP contribution in [0, 0.1) is 0 Å². The maximum atomic E-state index is 12.9. The highest BCUT2D eigenvalue weighted by Crippen LogP contribution is 2.35. The first-order valence-corrected chi connectivity index (χ1v) is 9.40. The number of nitrogens with zero attached hydrogens (tertiary/aromatic N) is 1. The molecule has 2 bridgehead atoms. The number of halogens is 2. The standard InChI is InChI=1S/C14H18Cl2N2O3S/c1-21-13-6-12(16)14(7-11(13)15)22(19,20)18-5-4-9-2-3-10(8-18)17-9/h6-7,9-10,17H,2-5,8H2,1H3. The molecular weight excluding hydrogens is 347 g/mol. The van der Waals surface area contributed by atoms with Gasteiger partial charge in [-0.1, -0.05) is 23.2 Å². The molecular formula is C14H18Cl2N2O3S. The molecule has 1 N–H and O–H groups in total. The SMILES string of the molecule is COc1cc(Cl)c(S(=O)(=O)N2CCC3CCC(C2)N3)cc1Cl. The van der Waals surface area contributed by atoms with Gasteiger partial charge in [0.2, 0.25) is 10.0 Å². The van der Waals surface area contributed by atoms with E-state index in [0.29, 0.717) is 24.9 Å². The molecule has 0 aromatic heterocycles. The summed E-state index contributed by atoms with van der Waals surface area (Å²) < 4.78 is 32.4. The smallest absolute Gasteiger partial charge is 0.244 e. The fourth-order valence-electron chi connectivity index (χ4n) is 3.13. The molecule has 0 saturated carbocycles. The molecule has 2 aliphatic heterocycles. The third-order valence-corrected chi connectivity index (χ3v) is 6.94. The van der Waals surface area contributed by atoms with Crippen molar-refractivity contribution in [3.63, 3.8) is 0 Å². The minimum atomic E-state index is -3.66. The molecule has 5 nitrogen and oxygen atoms in total. The van der Waals surface area contributed by atoms with Gasteiger partial charge in [-0.05, 0) is 25.3 Å². The number of benzene rings is 1. The van der Waals surface area contributed by atoms with Gasteiger partial charge < -0.3 is 10.1 Å². The molecule has 1 aromatic carbocycles. The Morgan fingerprint density at radius 1 is 1.18 bits per heavy atom. The third-order valence-electron chi connectivity index (χ3n) is 4.31. The van der Waals surface area contributed by atoms with Crippen molar-refractivity contribution in [2.45, 2.75) is 36.2 Å². The predicted molar refractivity (Wildman–Crippen MR) is 86.3 cm³/mol. The minimum absolute atomic E-state index is 0.0396. The average molecular weight is 365 g/mol. The number of fused-ring (bicyclic) bond motifs is 2. The van der Waals surface area contributed by atoms with Crippen molar-refractivity contribution in [1.29, 1.82) is 0 Å². The van der Waals surface area contributed by atoms with Crippen LogP contribution in [-0.4, -0.2) is 45.0 Å². The summed E-state index contributed by atoms with van der Waals surface area (Å²) in [6.07, 6.45) is 2.94. The van der Waals surface area contributed by atoms with Gasteiger partial charge in [0.1, 0.15) is 10.6 Å². The second-order valence-electron chi connectivity index (χ2n) is 5.71. The maximum Gasteiger partial charge on any atom is 0.244 e. The van der Waals surface area contributed by atoms with E-state index < -0.39 is 10.0 Å². The van der Waals surface area contributed by atoms with Crippen LogP contribution in [0.4, 0.5) is 0 Å². The average Bonchev–Trinajstić information content (AvgIpc) is 2.79. The number of sulfonamides is 1. The molecule has 3 rings (SSSR count). The summed E-state index contributed by atoms with van der Waals surface area (Å²) in [5, 5.41) is 3.83. The molecule has 2 heterocycles. The zero-order chi connectivity index (χ0) is 15.9. The number of methoxy groups -OCH3 is 1. The Labute approximate surface area is 140 Å². The van der Waals surface area contributed by atoms with Crippen molar-refractivity contribution in [3.05, 3.63) is 22.2 Å². The van der Waals surface area contributed by atoms with Gasteiger partial charge in [-0.15, -0.1) is 0 Å². The number of hydrogen-bond donors (Lipinski definition) is 1. The minimum Gasteiger partial charge on any atom is -0.495 e. The van der Waals surface area contributed by atoms with Gasteiger partial charge in [-0.25, -0.2) is 8.42 Å². The molecule has 2 fully saturated rings. The quantitative estimate of drug-likeness (QED) is 0.894. The molecule has 1 aromatic rings. The molecule has 2 aliphatic rings. The number of hydrogen-bond acceptors (Lipinski definition) is 4. The van der Waals surface area contributed by atoms with Crippen molar-refractivity contribution in [2.75, 3.05) is 20.2 Å². The van der Waals surface area contributed by atoms with Crippen LogP contribution in [0.25, 0.3) is 0 Å². The second-order valence-corrected chi connectivity index (χ2v) is 8.43.